The molecule has 1 aliphatic rings. The van der Waals surface area contributed by atoms with Crippen LogP contribution in [-0.4, -0.2) is 29.5 Å². The average Bonchev–Trinajstić information content (AvgIpc) is 2.46. The molecule has 2 amide bonds. The van der Waals surface area contributed by atoms with E-state index >= 15 is 0 Å². The molecular weight excluding hydrogens is 315 g/mol. The Labute approximate surface area is 130 Å². The first-order valence-electron chi connectivity index (χ1n) is 6.69. The second-order valence-corrected chi connectivity index (χ2v) is 6.06. The molecule has 1 aromatic carbocycles. The molecule has 1 N–H and O–H groups in total. The predicted octanol–water partition coefficient (Wildman–Crippen LogP) is 4.07. The van der Waals surface area contributed by atoms with Gasteiger partial charge in [0.15, 0.2) is 0 Å². The Balaban J connectivity index is 2.00. The van der Waals surface area contributed by atoms with E-state index in [1.54, 1.807) is 0 Å². The molecule has 0 aliphatic carbocycles. The van der Waals surface area contributed by atoms with E-state index in [1.165, 1.54) is 29.2 Å². The first-order chi connectivity index (χ1) is 10.4. The highest BCUT2D eigenvalue weighted by Crippen LogP contribution is 2.37. The van der Waals surface area contributed by atoms with Crippen molar-refractivity contribution in [2.45, 2.75) is 23.2 Å². The van der Waals surface area contributed by atoms with E-state index in [-0.39, 0.29) is 22.6 Å². The maximum absolute atomic E-state index is 12.3. The number of nitrogens with one attached hydrogen (secondary N) is 1. The number of hydrogen-bond acceptors (Lipinski definition) is 3. The van der Waals surface area contributed by atoms with Crippen LogP contribution in [0.5, 0.6) is 0 Å². The van der Waals surface area contributed by atoms with Gasteiger partial charge in [-0.15, -0.1) is 0 Å². The second kappa shape index (κ2) is 6.92. The molecule has 1 aliphatic heterocycles. The molecule has 1 saturated heterocycles. The number of nitrogens with zero attached hydrogens (tertiary/aromatic N) is 2. The maximum atomic E-state index is 12.3. The molecule has 1 atom stereocenters. The van der Waals surface area contributed by atoms with Crippen molar-refractivity contribution in [2.24, 2.45) is 5.92 Å². The van der Waals surface area contributed by atoms with Crippen molar-refractivity contribution in [1.29, 1.82) is 5.26 Å². The van der Waals surface area contributed by atoms with Crippen molar-refractivity contribution >= 4 is 23.5 Å². The van der Waals surface area contributed by atoms with Crippen LogP contribution in [0.25, 0.3) is 0 Å². The highest BCUT2D eigenvalue weighted by atomic mass is 32.2. The minimum Gasteiger partial charge on any atom is -0.323 e. The van der Waals surface area contributed by atoms with Gasteiger partial charge in [0, 0.05) is 23.7 Å². The summed E-state index contributed by atoms with van der Waals surface area (Å²) in [6.07, 6.45) is 1.51. The lowest BCUT2D eigenvalue weighted by Crippen LogP contribution is -2.42. The van der Waals surface area contributed by atoms with Crippen LogP contribution in [0.15, 0.2) is 29.2 Å². The van der Waals surface area contributed by atoms with Crippen molar-refractivity contribution in [1.82, 2.24) is 4.90 Å². The van der Waals surface area contributed by atoms with E-state index in [0.29, 0.717) is 18.8 Å². The normalized spacial score (nSPS) is 18.6. The number of likely N-dealkylation sites (tertiary alicyclic amines) is 1. The lowest BCUT2D eigenvalue weighted by molar-refractivity contribution is -0.0328. The zero-order chi connectivity index (χ0) is 16.2. The van der Waals surface area contributed by atoms with Gasteiger partial charge in [-0.25, -0.2) is 4.79 Å². The Hall–Kier alpha value is -1.88. The summed E-state index contributed by atoms with van der Waals surface area (Å²) in [6, 6.07) is 7.34. The van der Waals surface area contributed by atoms with Crippen molar-refractivity contribution in [3.05, 3.63) is 24.3 Å². The van der Waals surface area contributed by atoms with Gasteiger partial charge in [0.05, 0.1) is 12.0 Å². The average molecular weight is 329 g/mol. The third-order valence-electron chi connectivity index (χ3n) is 3.21. The van der Waals surface area contributed by atoms with E-state index in [0.717, 1.165) is 12.8 Å². The number of hydrogen-bond donors (Lipinski definition) is 1. The largest absolute Gasteiger partial charge is 0.446 e. The number of alkyl halides is 3. The molecule has 4 nitrogen and oxygen atoms in total. The molecule has 1 aromatic rings. The van der Waals surface area contributed by atoms with E-state index < -0.39 is 11.5 Å². The molecule has 118 valence electrons. The summed E-state index contributed by atoms with van der Waals surface area (Å²) < 4.78 is 37.0. The van der Waals surface area contributed by atoms with Gasteiger partial charge in [-0.3, -0.25) is 0 Å². The summed E-state index contributed by atoms with van der Waals surface area (Å²) in [5, 5.41) is 11.5. The topological polar surface area (TPSA) is 56.1 Å². The Kier molecular flexibility index (Phi) is 5.19. The molecule has 0 saturated carbocycles. The molecule has 0 bridgehead atoms. The molecule has 0 radical (unpaired) electrons. The van der Waals surface area contributed by atoms with Gasteiger partial charge in [0.25, 0.3) is 0 Å². The number of anilines is 1. The standard InChI is InChI=1S/C14H14F3N3OS/c15-14(16,17)22-12-5-1-4-11(7-12)19-13(21)20-6-2-3-10(8-18)9-20/h1,4-5,7,10H,2-3,6,9H2,(H,19,21). The molecule has 1 heterocycles. The van der Waals surface area contributed by atoms with E-state index in [9.17, 15) is 18.0 Å². The zero-order valence-corrected chi connectivity index (χ0v) is 12.4. The fourth-order valence-electron chi connectivity index (χ4n) is 2.24. The van der Waals surface area contributed by atoms with Crippen molar-refractivity contribution in [2.75, 3.05) is 18.4 Å². The molecule has 0 aromatic heterocycles. The molecule has 2 rings (SSSR count). The summed E-state index contributed by atoms with van der Waals surface area (Å²) in [5.74, 6) is -0.188. The van der Waals surface area contributed by atoms with Crippen LogP contribution >= 0.6 is 11.8 Å². The van der Waals surface area contributed by atoms with Gasteiger partial charge < -0.3 is 10.2 Å². The number of urea groups is 1. The fraction of sp³-hybridized carbons (Fsp3) is 0.429. The third-order valence-corrected chi connectivity index (χ3v) is 3.93. The van der Waals surface area contributed by atoms with Crippen LogP contribution < -0.4 is 5.32 Å². The Bertz CT molecular complexity index is 585. The van der Waals surface area contributed by atoms with Crippen LogP contribution in [0.3, 0.4) is 0 Å². The van der Waals surface area contributed by atoms with Crippen LogP contribution in [-0.2, 0) is 0 Å². The van der Waals surface area contributed by atoms with Gasteiger partial charge in [-0.05, 0) is 42.8 Å². The van der Waals surface area contributed by atoms with Gasteiger partial charge in [0.2, 0.25) is 0 Å². The first kappa shape index (κ1) is 16.5. The summed E-state index contributed by atoms with van der Waals surface area (Å²) in [6.45, 7) is 0.889. The van der Waals surface area contributed by atoms with Crippen molar-refractivity contribution < 1.29 is 18.0 Å². The molecule has 22 heavy (non-hydrogen) atoms. The van der Waals surface area contributed by atoms with E-state index in [2.05, 4.69) is 11.4 Å². The number of nitriles is 1. The van der Waals surface area contributed by atoms with Crippen LogP contribution in [0.4, 0.5) is 23.7 Å². The molecule has 1 fully saturated rings. The molecule has 0 spiro atoms. The highest BCUT2D eigenvalue weighted by molar-refractivity contribution is 8.00. The Morgan fingerprint density at radius 1 is 1.45 bits per heavy atom. The number of piperidine rings is 1. The minimum absolute atomic E-state index is 0.0128. The first-order valence-corrected chi connectivity index (χ1v) is 7.50. The number of halogens is 3. The number of amides is 2. The zero-order valence-electron chi connectivity index (χ0n) is 11.6. The molecule has 8 heteroatoms. The van der Waals surface area contributed by atoms with E-state index in [1.807, 2.05) is 0 Å². The van der Waals surface area contributed by atoms with E-state index in [4.69, 9.17) is 5.26 Å². The SMILES string of the molecule is N#CC1CCCN(C(=O)Nc2cccc(SC(F)(F)F)c2)C1. The van der Waals surface area contributed by atoms with Crippen molar-refractivity contribution in [3.8, 4) is 6.07 Å². The Morgan fingerprint density at radius 2 is 2.23 bits per heavy atom. The number of carbonyl (C=O) groups excluding carboxylic acids is 1. The minimum atomic E-state index is -4.37. The third kappa shape index (κ3) is 4.84. The van der Waals surface area contributed by atoms with Gasteiger partial charge in [-0.1, -0.05) is 6.07 Å². The number of rotatable bonds is 2. The summed E-state index contributed by atoms with van der Waals surface area (Å²) in [7, 11) is 0. The second-order valence-electron chi connectivity index (χ2n) is 4.92. The molecular formula is C14H14F3N3OS. The predicted molar refractivity (Wildman–Crippen MR) is 77.3 cm³/mol. The quantitative estimate of drug-likeness (QED) is 0.832. The van der Waals surface area contributed by atoms with Crippen LogP contribution in [0.2, 0.25) is 0 Å². The highest BCUT2D eigenvalue weighted by Gasteiger charge is 2.29. The van der Waals surface area contributed by atoms with Gasteiger partial charge in [0.1, 0.15) is 0 Å². The summed E-state index contributed by atoms with van der Waals surface area (Å²) in [4.78, 5) is 13.6. The fourth-order valence-corrected chi connectivity index (χ4v) is 2.84. The van der Waals surface area contributed by atoms with Gasteiger partial charge >= 0.3 is 11.5 Å². The summed E-state index contributed by atoms with van der Waals surface area (Å²) in [5.41, 5.74) is -4.06. The molecule has 1 unspecified atom stereocenters. The number of thioether (sulfide) groups is 1. The number of carbonyl (C=O) groups is 1. The van der Waals surface area contributed by atoms with Crippen LogP contribution in [0.1, 0.15) is 12.8 Å². The van der Waals surface area contributed by atoms with Crippen molar-refractivity contribution in [3.63, 3.8) is 0 Å². The summed E-state index contributed by atoms with van der Waals surface area (Å²) >= 11 is -0.226. The van der Waals surface area contributed by atoms with Gasteiger partial charge in [-0.2, -0.15) is 18.4 Å². The maximum Gasteiger partial charge on any atom is 0.446 e. The monoisotopic (exact) mass is 329 g/mol. The lowest BCUT2D eigenvalue weighted by atomic mass is 10.0. The number of benzene rings is 1. The lowest BCUT2D eigenvalue weighted by Gasteiger charge is -2.29. The smallest absolute Gasteiger partial charge is 0.323 e. The Morgan fingerprint density at radius 3 is 2.91 bits per heavy atom. The van der Waals surface area contributed by atoms with Crippen LogP contribution in [0, 0.1) is 17.2 Å².